The van der Waals surface area contributed by atoms with Gasteiger partial charge < -0.3 is 35.4 Å². The van der Waals surface area contributed by atoms with E-state index in [0.717, 1.165) is 29.1 Å². The fraction of sp³-hybridized carbons (Fsp3) is 0.424. The number of likely N-dealkylation sites (tertiary alicyclic amines) is 1. The Hall–Kier alpha value is -3.67. The number of piperidine rings is 2. The molecule has 0 saturated carbocycles. The van der Waals surface area contributed by atoms with Crippen LogP contribution in [0.5, 0.6) is 11.5 Å². The van der Waals surface area contributed by atoms with Crippen molar-refractivity contribution in [3.8, 4) is 21.9 Å². The second kappa shape index (κ2) is 14.9. The first-order valence-corrected chi connectivity index (χ1v) is 16.4. The monoisotopic (exact) mass is 636 g/mol. The zero-order chi connectivity index (χ0) is 31.1. The van der Waals surface area contributed by atoms with Gasteiger partial charge in [-0.3, -0.25) is 4.79 Å². The quantitative estimate of drug-likeness (QED) is 0.128. The lowest BCUT2D eigenvalue weighted by atomic mass is 9.99. The first-order chi connectivity index (χ1) is 21.3. The molecule has 0 radical (unpaired) electrons. The third kappa shape index (κ3) is 8.08. The SMILES string of the molecule is COC(=O)c1cc(-c2ccc(N3CCC(N4CCCCC4)CC3)cc2)sc1NC(=S)NCC(=O)CCc1ccc(O)c(O)c1. The topological polar surface area (TPSA) is 114 Å². The number of nitrogens with one attached hydrogen (secondary N) is 2. The number of phenols is 2. The maximum absolute atomic E-state index is 12.6. The highest BCUT2D eigenvalue weighted by Gasteiger charge is 2.26. The lowest BCUT2D eigenvalue weighted by molar-refractivity contribution is -0.118. The van der Waals surface area contributed by atoms with Crippen LogP contribution in [0, 0.1) is 0 Å². The van der Waals surface area contributed by atoms with Crippen molar-refractivity contribution in [1.29, 1.82) is 0 Å². The first-order valence-electron chi connectivity index (χ1n) is 15.2. The summed E-state index contributed by atoms with van der Waals surface area (Å²) >= 11 is 6.82. The average molecular weight is 637 g/mol. The summed E-state index contributed by atoms with van der Waals surface area (Å²) < 4.78 is 5.01. The number of ether oxygens (including phenoxy) is 1. The van der Waals surface area contributed by atoms with Crippen molar-refractivity contribution in [2.24, 2.45) is 0 Å². The van der Waals surface area contributed by atoms with E-state index in [1.165, 1.54) is 81.5 Å². The smallest absolute Gasteiger partial charge is 0.340 e. The molecule has 2 aliphatic heterocycles. The fourth-order valence-corrected chi connectivity index (χ4v) is 7.21. The van der Waals surface area contributed by atoms with Crippen molar-refractivity contribution in [1.82, 2.24) is 10.2 Å². The minimum absolute atomic E-state index is 0.0123. The number of phenolic OH excluding ortho intramolecular Hbond substituents is 2. The summed E-state index contributed by atoms with van der Waals surface area (Å²) in [6, 6.07) is 15.5. The third-order valence-electron chi connectivity index (χ3n) is 8.43. The maximum Gasteiger partial charge on any atom is 0.340 e. The van der Waals surface area contributed by atoms with E-state index in [2.05, 4.69) is 44.7 Å². The maximum atomic E-state index is 12.6. The van der Waals surface area contributed by atoms with Crippen LogP contribution < -0.4 is 15.5 Å². The Balaban J connectivity index is 1.15. The lowest BCUT2D eigenvalue weighted by Gasteiger charge is -2.41. The summed E-state index contributed by atoms with van der Waals surface area (Å²) in [5.74, 6) is -0.956. The van der Waals surface area contributed by atoms with Gasteiger partial charge in [-0.25, -0.2) is 4.79 Å². The summed E-state index contributed by atoms with van der Waals surface area (Å²) in [5.41, 5.74) is 3.33. The van der Waals surface area contributed by atoms with E-state index in [9.17, 15) is 19.8 Å². The number of aromatic hydroxyl groups is 2. The number of thiophene rings is 1. The molecule has 11 heteroatoms. The van der Waals surface area contributed by atoms with Crippen molar-refractivity contribution in [2.45, 2.75) is 51.0 Å². The Morgan fingerprint density at radius 1 is 0.977 bits per heavy atom. The van der Waals surface area contributed by atoms with Gasteiger partial charge >= 0.3 is 5.97 Å². The molecule has 9 nitrogen and oxygen atoms in total. The fourth-order valence-electron chi connectivity index (χ4n) is 5.92. The molecule has 234 valence electrons. The van der Waals surface area contributed by atoms with Crippen molar-refractivity contribution >= 4 is 51.1 Å². The predicted molar refractivity (Wildman–Crippen MR) is 179 cm³/mol. The Morgan fingerprint density at radius 2 is 1.70 bits per heavy atom. The molecule has 2 saturated heterocycles. The molecular weight excluding hydrogens is 597 g/mol. The van der Waals surface area contributed by atoms with Crippen LogP contribution in [-0.2, 0) is 16.0 Å². The summed E-state index contributed by atoms with van der Waals surface area (Å²) in [5, 5.41) is 25.8. The first kappa shape index (κ1) is 31.7. The van der Waals surface area contributed by atoms with Crippen LogP contribution in [0.1, 0.15) is 54.4 Å². The van der Waals surface area contributed by atoms with Crippen LogP contribution in [0.4, 0.5) is 10.7 Å². The molecule has 2 aromatic carbocycles. The van der Waals surface area contributed by atoms with E-state index in [-0.39, 0.29) is 35.4 Å². The van der Waals surface area contributed by atoms with Gasteiger partial charge in [0.2, 0.25) is 0 Å². The van der Waals surface area contributed by atoms with Crippen LogP contribution >= 0.6 is 23.6 Å². The van der Waals surface area contributed by atoms with Crippen LogP contribution in [0.25, 0.3) is 10.4 Å². The molecule has 2 aliphatic rings. The molecule has 2 fully saturated rings. The molecular formula is C33H40N4O5S2. The molecule has 0 spiro atoms. The van der Waals surface area contributed by atoms with Gasteiger partial charge in [0.1, 0.15) is 5.00 Å². The average Bonchev–Trinajstić information content (AvgIpc) is 3.48. The van der Waals surface area contributed by atoms with Gasteiger partial charge in [0.25, 0.3) is 0 Å². The van der Waals surface area contributed by atoms with Crippen molar-refractivity contribution < 1.29 is 24.5 Å². The standard InChI is InChI=1S/C33H40N4O5S2/c1-42-32(41)27-20-30(23-7-9-24(10-8-23)37-17-13-25(14-18-37)36-15-3-2-4-16-36)44-31(27)35-33(43)34-21-26(38)11-5-22-6-12-28(39)29(40)19-22/h6-10,12,19-20,25,39-40H,2-5,11,13-18,21H2,1H3,(H2,34,35,43). The Bertz CT molecular complexity index is 1460. The number of methoxy groups -OCH3 is 1. The van der Waals surface area contributed by atoms with Gasteiger partial charge in [0.15, 0.2) is 22.4 Å². The van der Waals surface area contributed by atoms with E-state index in [1.54, 1.807) is 12.1 Å². The molecule has 44 heavy (non-hydrogen) atoms. The molecule has 0 amide bonds. The lowest BCUT2D eigenvalue weighted by Crippen LogP contribution is -2.46. The molecule has 4 N–H and O–H groups in total. The Kier molecular flexibility index (Phi) is 10.7. The van der Waals surface area contributed by atoms with E-state index >= 15 is 0 Å². The summed E-state index contributed by atoms with van der Waals surface area (Å²) in [6.07, 6.45) is 7.09. The molecule has 3 aromatic rings. The zero-order valence-electron chi connectivity index (χ0n) is 25.0. The number of thiocarbonyl (C=S) groups is 1. The van der Waals surface area contributed by atoms with Crippen LogP contribution in [0.15, 0.2) is 48.5 Å². The number of rotatable bonds is 10. The number of hydrogen-bond acceptors (Lipinski definition) is 9. The van der Waals surface area contributed by atoms with Gasteiger partial charge in [-0.05, 0) is 98.9 Å². The number of esters is 1. The Labute approximate surface area is 267 Å². The van der Waals surface area contributed by atoms with E-state index in [4.69, 9.17) is 17.0 Å². The van der Waals surface area contributed by atoms with E-state index in [1.807, 2.05) is 0 Å². The summed E-state index contributed by atoms with van der Waals surface area (Å²) in [4.78, 5) is 31.1. The van der Waals surface area contributed by atoms with Gasteiger partial charge in [0.05, 0.1) is 19.2 Å². The number of nitrogens with zero attached hydrogens (tertiary/aromatic N) is 2. The molecule has 0 aliphatic carbocycles. The van der Waals surface area contributed by atoms with Gasteiger partial charge in [-0.1, -0.05) is 24.6 Å². The number of ketones is 1. The van der Waals surface area contributed by atoms with Crippen LogP contribution in [0.3, 0.4) is 0 Å². The number of benzene rings is 2. The normalized spacial score (nSPS) is 16.0. The number of carbonyl (C=O) groups excluding carboxylic acids is 2. The Morgan fingerprint density at radius 3 is 2.39 bits per heavy atom. The van der Waals surface area contributed by atoms with Crippen molar-refractivity contribution in [3.05, 3.63) is 59.7 Å². The molecule has 0 unspecified atom stereocenters. The highest BCUT2D eigenvalue weighted by atomic mass is 32.1. The number of carbonyl (C=O) groups is 2. The van der Waals surface area contributed by atoms with E-state index in [0.29, 0.717) is 23.0 Å². The van der Waals surface area contributed by atoms with Crippen molar-refractivity contribution in [2.75, 3.05) is 50.1 Å². The third-order valence-corrected chi connectivity index (χ3v) is 9.78. The van der Waals surface area contributed by atoms with Gasteiger partial charge in [-0.2, -0.15) is 0 Å². The van der Waals surface area contributed by atoms with E-state index < -0.39 is 5.97 Å². The van der Waals surface area contributed by atoms with Crippen LogP contribution in [-0.4, -0.2) is 77.9 Å². The predicted octanol–water partition coefficient (Wildman–Crippen LogP) is 5.56. The number of anilines is 2. The molecule has 0 bridgehead atoms. The number of aryl methyl sites for hydroxylation is 1. The highest BCUT2D eigenvalue weighted by Crippen LogP contribution is 2.37. The number of Topliss-reactive ketones (excluding diaryl/α,β-unsaturated/α-hetero) is 1. The molecule has 0 atom stereocenters. The van der Waals surface area contributed by atoms with Gasteiger partial charge in [-0.15, -0.1) is 11.3 Å². The highest BCUT2D eigenvalue weighted by molar-refractivity contribution is 7.80. The summed E-state index contributed by atoms with van der Waals surface area (Å²) in [7, 11) is 1.34. The zero-order valence-corrected chi connectivity index (χ0v) is 26.6. The minimum atomic E-state index is -0.473. The molecule has 5 rings (SSSR count). The summed E-state index contributed by atoms with van der Waals surface area (Å²) in [6.45, 7) is 4.63. The minimum Gasteiger partial charge on any atom is -0.504 e. The van der Waals surface area contributed by atoms with Gasteiger partial charge in [0, 0.05) is 36.1 Å². The number of hydrogen-bond donors (Lipinski definition) is 4. The second-order valence-corrected chi connectivity index (χ2v) is 12.8. The van der Waals surface area contributed by atoms with Crippen LogP contribution in [0.2, 0.25) is 0 Å². The molecule has 3 heterocycles. The second-order valence-electron chi connectivity index (χ2n) is 11.4. The van der Waals surface area contributed by atoms with Crippen molar-refractivity contribution in [3.63, 3.8) is 0 Å². The largest absolute Gasteiger partial charge is 0.504 e. The molecule has 1 aromatic heterocycles.